The largest absolute Gasteiger partial charge is 0.0714 e. The molecule has 0 heteroatoms. The molecule has 0 bridgehead atoms. The number of aryl methyl sites for hydroxylation is 1. The molecule has 0 aromatic heterocycles. The molecule has 11 rings (SSSR count). The second kappa shape index (κ2) is 11.0. The van der Waals surface area contributed by atoms with Gasteiger partial charge >= 0.3 is 0 Å². The van der Waals surface area contributed by atoms with Gasteiger partial charge in [0.15, 0.2) is 0 Å². The minimum Gasteiger partial charge on any atom is -0.0622 e. The zero-order chi connectivity index (χ0) is 34.4. The van der Waals surface area contributed by atoms with E-state index < -0.39 is 5.41 Å². The summed E-state index contributed by atoms with van der Waals surface area (Å²) < 4.78 is 0. The lowest BCUT2D eigenvalue weighted by molar-refractivity contribution is 0.772. The molecule has 0 nitrogen and oxygen atoms in total. The van der Waals surface area contributed by atoms with Crippen molar-refractivity contribution in [1.29, 1.82) is 0 Å². The highest BCUT2D eigenvalue weighted by molar-refractivity contribution is 6.23. The van der Waals surface area contributed by atoms with Crippen LogP contribution in [0, 0.1) is 6.92 Å². The van der Waals surface area contributed by atoms with Gasteiger partial charge in [-0.15, -0.1) is 0 Å². The van der Waals surface area contributed by atoms with Crippen molar-refractivity contribution in [3.63, 3.8) is 0 Å². The van der Waals surface area contributed by atoms with E-state index in [9.17, 15) is 0 Å². The highest BCUT2D eigenvalue weighted by atomic mass is 14.5. The molecule has 0 saturated heterocycles. The van der Waals surface area contributed by atoms with Gasteiger partial charge in [0, 0.05) is 0 Å². The van der Waals surface area contributed by atoms with E-state index in [1.54, 1.807) is 0 Å². The van der Waals surface area contributed by atoms with E-state index in [-0.39, 0.29) is 0 Å². The van der Waals surface area contributed by atoms with Crippen LogP contribution in [0.3, 0.4) is 0 Å². The van der Waals surface area contributed by atoms with Crippen LogP contribution in [0.5, 0.6) is 0 Å². The molecule has 52 heavy (non-hydrogen) atoms. The molecule has 0 saturated carbocycles. The standard InChI is InChI=1S/C52H34/c1-33-23-28-44-45(29-33)48(37-26-24-34-13-8-9-14-36(34)30-37)42-20-10-11-21-43(42)49(44)39-31-38-27-25-35-15-12-22-46-50(35)51(38)47(32-39)52(46,40-16-4-2-5-17-40)41-18-6-3-7-19-41/h2-32H,1H3. The van der Waals surface area contributed by atoms with Crippen molar-refractivity contribution < 1.29 is 0 Å². The van der Waals surface area contributed by atoms with Crippen LogP contribution in [0.1, 0.15) is 27.8 Å². The third-order valence-corrected chi connectivity index (χ3v) is 11.7. The molecule has 1 aliphatic rings. The molecular formula is C52H34. The molecule has 242 valence electrons. The maximum Gasteiger partial charge on any atom is 0.0714 e. The Hall–Kier alpha value is -6.50. The average Bonchev–Trinajstić information content (AvgIpc) is 3.51. The fourth-order valence-corrected chi connectivity index (χ4v) is 9.56. The Morgan fingerprint density at radius 2 is 0.885 bits per heavy atom. The molecule has 1 aliphatic carbocycles. The van der Waals surface area contributed by atoms with Crippen LogP contribution in [0.15, 0.2) is 188 Å². The lowest BCUT2D eigenvalue weighted by atomic mass is 9.67. The minimum atomic E-state index is -0.465. The molecule has 0 atom stereocenters. The second-order valence-corrected chi connectivity index (χ2v) is 14.5. The summed E-state index contributed by atoms with van der Waals surface area (Å²) in [4.78, 5) is 0. The maximum absolute atomic E-state index is 2.54. The number of benzene rings is 10. The second-order valence-electron chi connectivity index (χ2n) is 14.5. The zero-order valence-electron chi connectivity index (χ0n) is 28.9. The third kappa shape index (κ3) is 3.98. The molecular weight excluding hydrogens is 625 g/mol. The van der Waals surface area contributed by atoms with Crippen LogP contribution in [0.4, 0.5) is 0 Å². The normalized spacial score (nSPS) is 13.2. The van der Waals surface area contributed by atoms with E-state index in [1.807, 2.05) is 0 Å². The Kier molecular flexibility index (Phi) is 6.19. The fourth-order valence-electron chi connectivity index (χ4n) is 9.56. The van der Waals surface area contributed by atoms with Crippen molar-refractivity contribution in [2.24, 2.45) is 0 Å². The highest BCUT2D eigenvalue weighted by Crippen LogP contribution is 2.57. The van der Waals surface area contributed by atoms with Crippen LogP contribution in [0.25, 0.3) is 76.1 Å². The van der Waals surface area contributed by atoms with Gasteiger partial charge in [-0.2, -0.15) is 0 Å². The Morgan fingerprint density at radius 1 is 0.327 bits per heavy atom. The summed E-state index contributed by atoms with van der Waals surface area (Å²) in [6.07, 6.45) is 0. The molecule has 0 spiro atoms. The molecule has 10 aromatic rings. The van der Waals surface area contributed by atoms with Crippen molar-refractivity contribution in [3.8, 4) is 22.3 Å². The zero-order valence-corrected chi connectivity index (χ0v) is 28.9. The molecule has 0 N–H and O–H groups in total. The minimum absolute atomic E-state index is 0.465. The number of hydrogen-bond acceptors (Lipinski definition) is 0. The quantitative estimate of drug-likeness (QED) is 0.130. The van der Waals surface area contributed by atoms with Crippen molar-refractivity contribution in [2.75, 3.05) is 0 Å². The SMILES string of the molecule is Cc1ccc2c(-c3cc4c5c(ccc6cccc(c65)C4(c4ccccc4)c4ccccc4)c3)c3ccccc3c(-c3ccc4ccccc4c3)c2c1. The molecule has 0 unspecified atom stereocenters. The maximum atomic E-state index is 2.54. The number of hydrogen-bond donors (Lipinski definition) is 0. The molecule has 0 fully saturated rings. The lowest BCUT2D eigenvalue weighted by Gasteiger charge is -2.34. The Morgan fingerprint density at radius 3 is 1.63 bits per heavy atom. The van der Waals surface area contributed by atoms with Crippen molar-refractivity contribution in [2.45, 2.75) is 12.3 Å². The van der Waals surface area contributed by atoms with Gasteiger partial charge in [0.1, 0.15) is 0 Å². The van der Waals surface area contributed by atoms with Crippen LogP contribution in [0.2, 0.25) is 0 Å². The lowest BCUT2D eigenvalue weighted by Crippen LogP contribution is -2.28. The number of rotatable bonds is 4. The van der Waals surface area contributed by atoms with Gasteiger partial charge in [0.2, 0.25) is 0 Å². The van der Waals surface area contributed by atoms with Gasteiger partial charge in [-0.05, 0) is 123 Å². The summed E-state index contributed by atoms with van der Waals surface area (Å²) in [5.41, 5.74) is 11.2. The van der Waals surface area contributed by atoms with Gasteiger partial charge in [0.25, 0.3) is 0 Å². The van der Waals surface area contributed by atoms with Crippen LogP contribution in [-0.2, 0) is 5.41 Å². The summed E-state index contributed by atoms with van der Waals surface area (Å²) in [6, 6.07) is 70.6. The Labute approximate surface area is 303 Å². The first kappa shape index (κ1) is 29.3. The summed E-state index contributed by atoms with van der Waals surface area (Å²) in [7, 11) is 0. The highest BCUT2D eigenvalue weighted by Gasteiger charge is 2.45. The summed E-state index contributed by atoms with van der Waals surface area (Å²) in [6.45, 7) is 2.21. The first-order valence-electron chi connectivity index (χ1n) is 18.3. The molecule has 10 aromatic carbocycles. The van der Waals surface area contributed by atoms with E-state index in [1.165, 1.54) is 104 Å². The monoisotopic (exact) mass is 658 g/mol. The van der Waals surface area contributed by atoms with Crippen molar-refractivity contribution in [1.82, 2.24) is 0 Å². The smallest absolute Gasteiger partial charge is 0.0622 e. The molecule has 0 radical (unpaired) electrons. The third-order valence-electron chi connectivity index (χ3n) is 11.7. The van der Waals surface area contributed by atoms with Gasteiger partial charge in [0.05, 0.1) is 5.41 Å². The fraction of sp³-hybridized carbons (Fsp3) is 0.0385. The first-order valence-corrected chi connectivity index (χ1v) is 18.3. The number of fused-ring (bicyclic) bond motifs is 3. The predicted molar refractivity (Wildman–Crippen MR) is 221 cm³/mol. The predicted octanol–water partition coefficient (Wildman–Crippen LogP) is 13.8. The summed E-state index contributed by atoms with van der Waals surface area (Å²) in [5, 5.41) is 12.9. The molecule has 0 amide bonds. The van der Waals surface area contributed by atoms with Gasteiger partial charge < -0.3 is 0 Å². The van der Waals surface area contributed by atoms with Crippen LogP contribution in [-0.4, -0.2) is 0 Å². The van der Waals surface area contributed by atoms with Crippen LogP contribution < -0.4 is 0 Å². The van der Waals surface area contributed by atoms with Crippen molar-refractivity contribution in [3.05, 3.63) is 216 Å². The molecule has 0 aliphatic heterocycles. The van der Waals surface area contributed by atoms with Crippen LogP contribution >= 0.6 is 0 Å². The van der Waals surface area contributed by atoms with Gasteiger partial charge in [-0.3, -0.25) is 0 Å². The van der Waals surface area contributed by atoms with E-state index in [0.29, 0.717) is 0 Å². The topological polar surface area (TPSA) is 0 Å². The summed E-state index contributed by atoms with van der Waals surface area (Å²) >= 11 is 0. The van der Waals surface area contributed by atoms with Crippen molar-refractivity contribution >= 4 is 53.9 Å². The Balaban J connectivity index is 1.29. The van der Waals surface area contributed by atoms with Gasteiger partial charge in [-0.1, -0.05) is 175 Å². The van der Waals surface area contributed by atoms with E-state index >= 15 is 0 Å². The van der Waals surface area contributed by atoms with E-state index in [0.717, 1.165) is 0 Å². The molecule has 0 heterocycles. The van der Waals surface area contributed by atoms with E-state index in [4.69, 9.17) is 0 Å². The Bertz CT molecular complexity index is 3020. The first-order chi connectivity index (χ1) is 25.7. The van der Waals surface area contributed by atoms with E-state index in [2.05, 4.69) is 195 Å². The summed E-state index contributed by atoms with van der Waals surface area (Å²) in [5.74, 6) is 0. The average molecular weight is 659 g/mol. The van der Waals surface area contributed by atoms with Gasteiger partial charge in [-0.25, -0.2) is 0 Å².